The Balaban J connectivity index is 3.41. The number of methoxy groups -OCH3 is 1. The maximum atomic E-state index is 5.55. The molecule has 3 nitrogen and oxygen atoms in total. The first kappa shape index (κ1) is 9.88. The molecule has 3 heteroatoms. The van der Waals surface area contributed by atoms with Crippen LogP contribution in [0.5, 0.6) is 0 Å². The van der Waals surface area contributed by atoms with Crippen LogP contribution in [0.15, 0.2) is 0 Å². The molecule has 0 bridgehead atoms. The number of rotatable bonds is 5. The van der Waals surface area contributed by atoms with Crippen LogP contribution in [0.3, 0.4) is 0 Å². The van der Waals surface area contributed by atoms with Gasteiger partial charge in [-0.05, 0) is 18.9 Å². The van der Waals surface area contributed by atoms with Gasteiger partial charge in [0.1, 0.15) is 6.23 Å². The summed E-state index contributed by atoms with van der Waals surface area (Å²) in [6.07, 6.45) is 1.80. The van der Waals surface area contributed by atoms with Crippen LogP contribution in [0.2, 0.25) is 0 Å². The van der Waals surface area contributed by atoms with Gasteiger partial charge in [-0.3, -0.25) is 0 Å². The lowest BCUT2D eigenvalue weighted by atomic mass is 10.0. The van der Waals surface area contributed by atoms with Crippen molar-refractivity contribution in [2.75, 3.05) is 13.7 Å². The molecule has 0 rings (SSSR count). The predicted molar refractivity (Wildman–Crippen MR) is 42.4 cm³/mol. The van der Waals surface area contributed by atoms with Crippen molar-refractivity contribution in [1.29, 1.82) is 0 Å². The number of hydrogen-bond donors (Lipinski definition) is 2. The molecule has 0 saturated heterocycles. The summed E-state index contributed by atoms with van der Waals surface area (Å²) in [4.78, 5) is 0. The molecule has 0 saturated carbocycles. The highest BCUT2D eigenvalue weighted by molar-refractivity contribution is 4.60. The largest absolute Gasteiger partial charge is 0.367 e. The smallest absolute Gasteiger partial charge is 0.105 e. The van der Waals surface area contributed by atoms with Crippen LogP contribution in [0.4, 0.5) is 0 Å². The minimum absolute atomic E-state index is 0.145. The van der Waals surface area contributed by atoms with Crippen molar-refractivity contribution in [3.05, 3.63) is 0 Å². The Morgan fingerprint density at radius 3 is 2.40 bits per heavy atom. The lowest BCUT2D eigenvalue weighted by Crippen LogP contribution is -2.28. The molecule has 0 aliphatic heterocycles. The van der Waals surface area contributed by atoms with Crippen molar-refractivity contribution in [1.82, 2.24) is 0 Å². The lowest BCUT2D eigenvalue weighted by molar-refractivity contribution is 0.0858. The van der Waals surface area contributed by atoms with Crippen LogP contribution in [-0.2, 0) is 4.74 Å². The fourth-order valence-electron chi connectivity index (χ4n) is 0.854. The molecular formula is C7H18N2O. The van der Waals surface area contributed by atoms with Crippen molar-refractivity contribution in [3.8, 4) is 0 Å². The SMILES string of the molecule is CC[C@@H](CN)CC(N)OC. The summed E-state index contributed by atoms with van der Waals surface area (Å²) >= 11 is 0. The third kappa shape index (κ3) is 3.82. The molecule has 0 aromatic rings. The summed E-state index contributed by atoms with van der Waals surface area (Å²) in [7, 11) is 1.62. The molecule has 0 aliphatic carbocycles. The highest BCUT2D eigenvalue weighted by atomic mass is 16.5. The van der Waals surface area contributed by atoms with Gasteiger partial charge in [-0.1, -0.05) is 13.3 Å². The molecule has 0 heterocycles. The van der Waals surface area contributed by atoms with E-state index in [4.69, 9.17) is 16.2 Å². The minimum atomic E-state index is -0.145. The van der Waals surface area contributed by atoms with E-state index in [1.54, 1.807) is 7.11 Å². The second-order valence-electron chi connectivity index (χ2n) is 2.52. The molecule has 10 heavy (non-hydrogen) atoms. The van der Waals surface area contributed by atoms with E-state index in [0.717, 1.165) is 12.8 Å². The maximum Gasteiger partial charge on any atom is 0.105 e. The second kappa shape index (κ2) is 5.65. The highest BCUT2D eigenvalue weighted by Crippen LogP contribution is 2.07. The van der Waals surface area contributed by atoms with Gasteiger partial charge in [0.05, 0.1) is 0 Å². The van der Waals surface area contributed by atoms with Gasteiger partial charge < -0.3 is 16.2 Å². The van der Waals surface area contributed by atoms with Crippen LogP contribution in [-0.4, -0.2) is 19.9 Å². The minimum Gasteiger partial charge on any atom is -0.367 e. The summed E-state index contributed by atoms with van der Waals surface area (Å²) in [5.41, 5.74) is 11.0. The zero-order valence-electron chi connectivity index (χ0n) is 6.84. The van der Waals surface area contributed by atoms with Gasteiger partial charge in [-0.15, -0.1) is 0 Å². The van der Waals surface area contributed by atoms with Gasteiger partial charge in [0.25, 0.3) is 0 Å². The summed E-state index contributed by atoms with van der Waals surface area (Å²) in [5, 5.41) is 0. The Kier molecular flexibility index (Phi) is 5.58. The predicted octanol–water partition coefficient (Wildman–Crippen LogP) is 0.293. The van der Waals surface area contributed by atoms with Gasteiger partial charge in [0, 0.05) is 7.11 Å². The van der Waals surface area contributed by atoms with Crippen LogP contribution in [0.1, 0.15) is 19.8 Å². The molecule has 62 valence electrons. The number of hydrogen-bond acceptors (Lipinski definition) is 3. The average Bonchev–Trinajstić information content (AvgIpc) is 1.99. The molecular weight excluding hydrogens is 128 g/mol. The van der Waals surface area contributed by atoms with Crippen molar-refractivity contribution >= 4 is 0 Å². The second-order valence-corrected chi connectivity index (χ2v) is 2.52. The van der Waals surface area contributed by atoms with E-state index in [2.05, 4.69) is 6.92 Å². The first-order valence-corrected chi connectivity index (χ1v) is 3.73. The number of nitrogens with two attached hydrogens (primary N) is 2. The van der Waals surface area contributed by atoms with Crippen LogP contribution in [0, 0.1) is 5.92 Å². The van der Waals surface area contributed by atoms with Gasteiger partial charge in [-0.2, -0.15) is 0 Å². The van der Waals surface area contributed by atoms with Crippen LogP contribution < -0.4 is 11.5 Å². The Labute approximate surface area is 62.7 Å². The Morgan fingerprint density at radius 2 is 2.10 bits per heavy atom. The van der Waals surface area contributed by atoms with Crippen molar-refractivity contribution in [3.63, 3.8) is 0 Å². The molecule has 0 amide bonds. The third-order valence-electron chi connectivity index (χ3n) is 1.78. The molecule has 0 fully saturated rings. The molecule has 0 aliphatic rings. The molecule has 4 N–H and O–H groups in total. The molecule has 2 atom stereocenters. The van der Waals surface area contributed by atoms with E-state index in [1.807, 2.05) is 0 Å². The first-order chi connectivity index (χ1) is 4.74. The normalized spacial score (nSPS) is 16.8. The summed E-state index contributed by atoms with van der Waals surface area (Å²) < 4.78 is 4.91. The van der Waals surface area contributed by atoms with Gasteiger partial charge in [0.2, 0.25) is 0 Å². The van der Waals surface area contributed by atoms with E-state index < -0.39 is 0 Å². The third-order valence-corrected chi connectivity index (χ3v) is 1.78. The van der Waals surface area contributed by atoms with Gasteiger partial charge >= 0.3 is 0 Å². The van der Waals surface area contributed by atoms with E-state index in [1.165, 1.54) is 0 Å². The topological polar surface area (TPSA) is 61.3 Å². The molecule has 1 unspecified atom stereocenters. The fourth-order valence-corrected chi connectivity index (χ4v) is 0.854. The van der Waals surface area contributed by atoms with Crippen molar-refractivity contribution in [2.24, 2.45) is 17.4 Å². The molecule has 0 radical (unpaired) electrons. The summed E-state index contributed by atoms with van der Waals surface area (Å²) in [5.74, 6) is 0.509. The zero-order valence-corrected chi connectivity index (χ0v) is 6.84. The summed E-state index contributed by atoms with van der Waals surface area (Å²) in [6.45, 7) is 2.81. The van der Waals surface area contributed by atoms with E-state index in [0.29, 0.717) is 12.5 Å². The average molecular weight is 146 g/mol. The van der Waals surface area contributed by atoms with E-state index in [-0.39, 0.29) is 6.23 Å². The quantitative estimate of drug-likeness (QED) is 0.548. The van der Waals surface area contributed by atoms with E-state index >= 15 is 0 Å². The van der Waals surface area contributed by atoms with Gasteiger partial charge in [0.15, 0.2) is 0 Å². The molecule has 0 spiro atoms. The maximum absolute atomic E-state index is 5.55. The van der Waals surface area contributed by atoms with E-state index in [9.17, 15) is 0 Å². The van der Waals surface area contributed by atoms with Crippen LogP contribution >= 0.6 is 0 Å². The zero-order chi connectivity index (χ0) is 7.98. The number of ether oxygens (including phenoxy) is 1. The first-order valence-electron chi connectivity index (χ1n) is 3.73. The Morgan fingerprint density at radius 1 is 1.50 bits per heavy atom. The Bertz CT molecular complexity index is 74.0. The lowest BCUT2D eigenvalue weighted by Gasteiger charge is -2.16. The van der Waals surface area contributed by atoms with Crippen LogP contribution in [0.25, 0.3) is 0 Å². The summed E-state index contributed by atoms with van der Waals surface area (Å²) in [6, 6.07) is 0. The molecule has 0 aromatic carbocycles. The highest BCUT2D eigenvalue weighted by Gasteiger charge is 2.08. The Hall–Kier alpha value is -0.120. The monoisotopic (exact) mass is 146 g/mol. The van der Waals surface area contributed by atoms with Crippen molar-refractivity contribution in [2.45, 2.75) is 26.0 Å². The van der Waals surface area contributed by atoms with Crippen molar-refractivity contribution < 1.29 is 4.74 Å². The fraction of sp³-hybridized carbons (Fsp3) is 1.00. The van der Waals surface area contributed by atoms with Gasteiger partial charge in [-0.25, -0.2) is 0 Å². The standard InChI is InChI=1S/C7H18N2O/c1-3-6(5-8)4-7(9)10-2/h6-7H,3-5,8-9H2,1-2H3/t6-,7?/m1/s1. The molecule has 0 aromatic heterocycles.